The number of nitrogens with one attached hydrogen (secondary N) is 1. The minimum absolute atomic E-state index is 0.00571. The van der Waals surface area contributed by atoms with Crippen molar-refractivity contribution in [3.63, 3.8) is 0 Å². The molecule has 0 aliphatic heterocycles. The summed E-state index contributed by atoms with van der Waals surface area (Å²) >= 11 is 1.21. The number of nitro benzene ring substituents is 1. The molecule has 0 spiro atoms. The third kappa shape index (κ3) is 5.00. The SMILES string of the molecule is N#Cc1ccsc1NC(=O)COC(=O)c1c2c(nc3ccccc13)/C(=C\c1cccc([N+](=O)[O-])c1)CCC2. The number of allylic oxidation sites excluding steroid dienone is 1. The Labute approximate surface area is 221 Å². The summed E-state index contributed by atoms with van der Waals surface area (Å²) in [6, 6.07) is 17.2. The van der Waals surface area contributed by atoms with Crippen molar-refractivity contribution in [2.45, 2.75) is 19.3 Å². The van der Waals surface area contributed by atoms with E-state index in [1.54, 1.807) is 35.7 Å². The van der Waals surface area contributed by atoms with Crippen LogP contribution in [0.1, 0.15) is 45.6 Å². The van der Waals surface area contributed by atoms with Crippen LogP contribution in [0, 0.1) is 21.4 Å². The van der Waals surface area contributed by atoms with E-state index in [1.165, 1.54) is 23.5 Å². The van der Waals surface area contributed by atoms with Gasteiger partial charge in [0.15, 0.2) is 6.61 Å². The number of benzene rings is 2. The quantitative estimate of drug-likeness (QED) is 0.193. The molecular formula is C28H20N4O5S. The number of para-hydroxylation sites is 1. The van der Waals surface area contributed by atoms with Crippen LogP contribution in [0.4, 0.5) is 10.7 Å². The van der Waals surface area contributed by atoms with Gasteiger partial charge in [0.2, 0.25) is 0 Å². The van der Waals surface area contributed by atoms with Gasteiger partial charge in [0.25, 0.3) is 11.6 Å². The zero-order valence-corrected chi connectivity index (χ0v) is 20.8. The van der Waals surface area contributed by atoms with Gasteiger partial charge in [-0.25, -0.2) is 9.78 Å². The number of anilines is 1. The smallest absolute Gasteiger partial charge is 0.339 e. The molecule has 9 nitrogen and oxygen atoms in total. The summed E-state index contributed by atoms with van der Waals surface area (Å²) in [5.41, 5.74) is 4.20. The summed E-state index contributed by atoms with van der Waals surface area (Å²) in [6.07, 6.45) is 3.91. The van der Waals surface area contributed by atoms with Gasteiger partial charge in [0.05, 0.1) is 27.3 Å². The topological polar surface area (TPSA) is 135 Å². The average molecular weight is 525 g/mol. The molecule has 0 bridgehead atoms. The van der Waals surface area contributed by atoms with Crippen molar-refractivity contribution in [2.75, 3.05) is 11.9 Å². The normalized spacial score (nSPS) is 13.5. The molecule has 1 aliphatic rings. The molecule has 0 unspecified atom stereocenters. The minimum atomic E-state index is -0.640. The molecule has 2 heterocycles. The number of hydrogen-bond acceptors (Lipinski definition) is 8. The number of carbonyl (C=O) groups excluding carboxylic acids is 2. The second-order valence-corrected chi connectivity index (χ2v) is 9.52. The number of amides is 1. The van der Waals surface area contributed by atoms with Gasteiger partial charge in [-0.15, -0.1) is 11.3 Å². The number of pyridine rings is 1. The number of nitriles is 1. The summed E-state index contributed by atoms with van der Waals surface area (Å²) in [5, 5.41) is 25.7. The van der Waals surface area contributed by atoms with E-state index in [0.29, 0.717) is 51.1 Å². The third-order valence-electron chi connectivity index (χ3n) is 6.17. The van der Waals surface area contributed by atoms with Crippen LogP contribution in [0.5, 0.6) is 0 Å². The highest BCUT2D eigenvalue weighted by molar-refractivity contribution is 7.14. The maximum absolute atomic E-state index is 13.4. The Hall–Kier alpha value is -4.88. The van der Waals surface area contributed by atoms with E-state index in [0.717, 1.165) is 17.6 Å². The van der Waals surface area contributed by atoms with E-state index in [2.05, 4.69) is 5.32 Å². The summed E-state index contributed by atoms with van der Waals surface area (Å²) in [4.78, 5) is 41.4. The molecule has 4 aromatic rings. The molecule has 38 heavy (non-hydrogen) atoms. The monoisotopic (exact) mass is 524 g/mol. The molecule has 188 valence electrons. The van der Waals surface area contributed by atoms with Crippen molar-refractivity contribution < 1.29 is 19.2 Å². The Bertz CT molecular complexity index is 1670. The number of carbonyl (C=O) groups is 2. The van der Waals surface area contributed by atoms with Crippen LogP contribution in [-0.4, -0.2) is 28.4 Å². The van der Waals surface area contributed by atoms with Crippen LogP contribution in [-0.2, 0) is 16.0 Å². The number of ether oxygens (including phenoxy) is 1. The first kappa shape index (κ1) is 24.8. The molecule has 2 aromatic heterocycles. The lowest BCUT2D eigenvalue weighted by molar-refractivity contribution is -0.384. The number of esters is 1. The number of nitrogens with zero attached hydrogens (tertiary/aromatic N) is 3. The first-order valence-electron chi connectivity index (χ1n) is 11.8. The molecule has 10 heteroatoms. The first-order chi connectivity index (χ1) is 18.4. The predicted octanol–water partition coefficient (Wildman–Crippen LogP) is 5.75. The maximum Gasteiger partial charge on any atom is 0.339 e. The van der Waals surface area contributed by atoms with E-state index in [4.69, 9.17) is 15.0 Å². The second kappa shape index (κ2) is 10.6. The highest BCUT2D eigenvalue weighted by atomic mass is 32.1. The molecule has 0 saturated heterocycles. The largest absolute Gasteiger partial charge is 0.452 e. The molecule has 2 aromatic carbocycles. The van der Waals surface area contributed by atoms with E-state index in [1.807, 2.05) is 24.3 Å². The molecule has 0 atom stereocenters. The standard InChI is InChI=1S/C28H20N4O5S/c29-15-19-11-12-38-27(19)31-24(33)16-37-28(34)25-21-8-1-2-10-23(21)30-26-18(6-4-9-22(25)26)13-17-5-3-7-20(14-17)32(35)36/h1-3,5,7-8,10-14H,4,6,9,16H2,(H,31,33)/b18-13-. The molecular weight excluding hydrogens is 504 g/mol. The molecule has 0 fully saturated rings. The van der Waals surface area contributed by atoms with Crippen LogP contribution in [0.25, 0.3) is 22.6 Å². The highest BCUT2D eigenvalue weighted by Crippen LogP contribution is 2.36. The van der Waals surface area contributed by atoms with E-state index in [-0.39, 0.29) is 5.69 Å². The van der Waals surface area contributed by atoms with Gasteiger partial charge in [0, 0.05) is 17.5 Å². The fraction of sp³-hybridized carbons (Fsp3) is 0.143. The Kier molecular flexibility index (Phi) is 6.93. The number of rotatable bonds is 6. The van der Waals surface area contributed by atoms with Gasteiger partial charge in [0.1, 0.15) is 11.1 Å². The fourth-order valence-corrected chi connectivity index (χ4v) is 5.25. The lowest BCUT2D eigenvalue weighted by Gasteiger charge is -2.22. The van der Waals surface area contributed by atoms with Crippen molar-refractivity contribution in [2.24, 2.45) is 0 Å². The fourth-order valence-electron chi connectivity index (χ4n) is 4.50. The zero-order chi connectivity index (χ0) is 26.6. The number of aromatic nitrogens is 1. The molecule has 1 amide bonds. The second-order valence-electron chi connectivity index (χ2n) is 8.61. The van der Waals surface area contributed by atoms with Crippen molar-refractivity contribution >= 4 is 56.5 Å². The van der Waals surface area contributed by atoms with Crippen molar-refractivity contribution in [1.82, 2.24) is 4.98 Å². The number of hydrogen-bond donors (Lipinski definition) is 1. The van der Waals surface area contributed by atoms with Gasteiger partial charge in [-0.3, -0.25) is 14.9 Å². The zero-order valence-electron chi connectivity index (χ0n) is 20.0. The van der Waals surface area contributed by atoms with Gasteiger partial charge >= 0.3 is 5.97 Å². The summed E-state index contributed by atoms with van der Waals surface area (Å²) in [5.74, 6) is -1.19. The number of nitro groups is 1. The van der Waals surface area contributed by atoms with Crippen LogP contribution in [0.3, 0.4) is 0 Å². The van der Waals surface area contributed by atoms with Crippen LogP contribution >= 0.6 is 11.3 Å². The number of non-ortho nitro benzene ring substituents is 1. The van der Waals surface area contributed by atoms with Crippen molar-refractivity contribution in [1.29, 1.82) is 5.26 Å². The Balaban J connectivity index is 1.48. The Morgan fingerprint density at radius 2 is 2.03 bits per heavy atom. The van der Waals surface area contributed by atoms with Crippen molar-refractivity contribution in [3.8, 4) is 6.07 Å². The average Bonchev–Trinajstić information content (AvgIpc) is 3.37. The molecule has 5 rings (SSSR count). The van der Waals surface area contributed by atoms with Gasteiger partial charge in [-0.1, -0.05) is 30.3 Å². The molecule has 0 radical (unpaired) electrons. The first-order valence-corrected chi connectivity index (χ1v) is 12.6. The van der Waals surface area contributed by atoms with E-state index < -0.39 is 23.4 Å². The maximum atomic E-state index is 13.4. The number of fused-ring (bicyclic) bond motifs is 2. The Morgan fingerprint density at radius 3 is 2.84 bits per heavy atom. The summed E-state index contributed by atoms with van der Waals surface area (Å²) < 4.78 is 5.43. The Morgan fingerprint density at radius 1 is 1.18 bits per heavy atom. The molecule has 1 aliphatic carbocycles. The summed E-state index contributed by atoms with van der Waals surface area (Å²) in [6.45, 7) is -0.511. The van der Waals surface area contributed by atoms with Gasteiger partial charge in [-0.2, -0.15) is 5.26 Å². The van der Waals surface area contributed by atoms with E-state index in [9.17, 15) is 19.7 Å². The van der Waals surface area contributed by atoms with Crippen LogP contribution < -0.4 is 5.32 Å². The summed E-state index contributed by atoms with van der Waals surface area (Å²) in [7, 11) is 0. The lowest BCUT2D eigenvalue weighted by Crippen LogP contribution is -2.22. The van der Waals surface area contributed by atoms with Crippen LogP contribution in [0.2, 0.25) is 0 Å². The lowest BCUT2D eigenvalue weighted by atomic mass is 9.86. The van der Waals surface area contributed by atoms with Gasteiger partial charge < -0.3 is 10.1 Å². The molecule has 0 saturated carbocycles. The van der Waals surface area contributed by atoms with Crippen LogP contribution in [0.15, 0.2) is 60.0 Å². The molecule has 1 N–H and O–H groups in total. The predicted molar refractivity (Wildman–Crippen MR) is 144 cm³/mol. The van der Waals surface area contributed by atoms with E-state index >= 15 is 0 Å². The highest BCUT2D eigenvalue weighted by Gasteiger charge is 2.26. The van der Waals surface area contributed by atoms with Gasteiger partial charge in [-0.05, 0) is 59.6 Å². The third-order valence-corrected chi connectivity index (χ3v) is 7.00. The number of thiophene rings is 1. The van der Waals surface area contributed by atoms with Crippen molar-refractivity contribution in [3.05, 3.63) is 98.0 Å². The minimum Gasteiger partial charge on any atom is -0.452 e.